The number of hydrogen-bond acceptors (Lipinski definition) is 4. The first-order valence-electron chi connectivity index (χ1n) is 7.87. The van der Waals surface area contributed by atoms with E-state index in [0.717, 1.165) is 28.5 Å². The molecule has 4 N–H and O–H groups in total. The zero-order valence-electron chi connectivity index (χ0n) is 14.1. The third-order valence-corrected chi connectivity index (χ3v) is 3.93. The third kappa shape index (κ3) is 3.42. The molecule has 0 radical (unpaired) electrons. The Morgan fingerprint density at radius 3 is 2.80 bits per heavy atom. The van der Waals surface area contributed by atoms with E-state index in [9.17, 15) is 4.79 Å². The van der Waals surface area contributed by atoms with Gasteiger partial charge in [-0.05, 0) is 30.7 Å². The maximum atomic E-state index is 12.2. The molecule has 1 aromatic carbocycles. The molecule has 2 heterocycles. The van der Waals surface area contributed by atoms with Crippen LogP contribution in [-0.2, 0) is 4.79 Å². The lowest BCUT2D eigenvalue weighted by Crippen LogP contribution is -2.23. The number of nitrogens with zero attached hydrogens (tertiary/aromatic N) is 1. The van der Waals surface area contributed by atoms with Gasteiger partial charge < -0.3 is 21.0 Å². The minimum absolute atomic E-state index is 0.308. The van der Waals surface area contributed by atoms with E-state index >= 15 is 0 Å². The number of carbonyl (C=O) groups is 1. The van der Waals surface area contributed by atoms with Crippen molar-refractivity contribution in [3.63, 3.8) is 0 Å². The first kappa shape index (κ1) is 16.4. The second-order valence-corrected chi connectivity index (χ2v) is 5.61. The molecule has 3 rings (SSSR count). The standard InChI is InChI=1S/C19H19N5O/c1-12-5-3-4-6-14(12)16-10-17-18(24-16)9-13(11-22-17)23-19(25)15(21-2)7-8-20/h3-11,20-21,24H,1-2H3,(H,23,25)/b15-7-,20-8?. The Bertz CT molecular complexity index is 971. The summed E-state index contributed by atoms with van der Waals surface area (Å²) < 4.78 is 0. The van der Waals surface area contributed by atoms with Crippen LogP contribution in [0.25, 0.3) is 22.3 Å². The maximum absolute atomic E-state index is 12.2. The number of fused-ring (bicyclic) bond motifs is 1. The summed E-state index contributed by atoms with van der Waals surface area (Å²) in [7, 11) is 1.63. The average Bonchev–Trinajstić information content (AvgIpc) is 3.03. The van der Waals surface area contributed by atoms with Gasteiger partial charge in [-0.2, -0.15) is 0 Å². The van der Waals surface area contributed by atoms with Crippen LogP contribution in [0.5, 0.6) is 0 Å². The second kappa shape index (κ2) is 7.00. The Labute approximate surface area is 145 Å². The summed E-state index contributed by atoms with van der Waals surface area (Å²) in [6, 6.07) is 12.0. The van der Waals surface area contributed by atoms with Gasteiger partial charge in [0.1, 0.15) is 5.70 Å². The van der Waals surface area contributed by atoms with E-state index in [1.165, 1.54) is 11.6 Å². The second-order valence-electron chi connectivity index (χ2n) is 5.61. The van der Waals surface area contributed by atoms with Crippen LogP contribution in [0.3, 0.4) is 0 Å². The van der Waals surface area contributed by atoms with Gasteiger partial charge in [0.2, 0.25) is 0 Å². The minimum atomic E-state index is -0.321. The number of pyridine rings is 1. The Kier molecular flexibility index (Phi) is 4.61. The van der Waals surface area contributed by atoms with Gasteiger partial charge in [-0.1, -0.05) is 24.3 Å². The van der Waals surface area contributed by atoms with Gasteiger partial charge >= 0.3 is 0 Å². The Hall–Kier alpha value is -3.41. The molecule has 0 saturated carbocycles. The van der Waals surface area contributed by atoms with Crippen LogP contribution in [0.1, 0.15) is 5.56 Å². The van der Waals surface area contributed by atoms with Crippen LogP contribution in [0.2, 0.25) is 0 Å². The predicted octanol–water partition coefficient (Wildman–Crippen LogP) is 3.23. The largest absolute Gasteiger partial charge is 0.384 e. The molecule has 0 saturated heterocycles. The average molecular weight is 333 g/mol. The van der Waals surface area contributed by atoms with Gasteiger partial charge in [-0.25, -0.2) is 0 Å². The molecule has 6 nitrogen and oxygen atoms in total. The fraction of sp³-hybridized carbons (Fsp3) is 0.105. The van der Waals surface area contributed by atoms with E-state index in [-0.39, 0.29) is 5.91 Å². The molecule has 0 fully saturated rings. The topological polar surface area (TPSA) is 93.7 Å². The summed E-state index contributed by atoms with van der Waals surface area (Å²) >= 11 is 0. The molecule has 0 aliphatic rings. The smallest absolute Gasteiger partial charge is 0.271 e. The number of allylic oxidation sites excluding steroid dienone is 1. The molecule has 0 atom stereocenters. The van der Waals surface area contributed by atoms with E-state index < -0.39 is 0 Å². The molecule has 126 valence electrons. The molecular weight excluding hydrogens is 314 g/mol. The summed E-state index contributed by atoms with van der Waals surface area (Å²) in [4.78, 5) is 19.9. The van der Waals surface area contributed by atoms with Gasteiger partial charge in [0.25, 0.3) is 5.91 Å². The third-order valence-electron chi connectivity index (χ3n) is 3.93. The SMILES string of the molecule is CN/C(=C\C=N)C(=O)Nc1cnc2cc(-c3ccccc3C)[nH]c2c1. The lowest BCUT2D eigenvalue weighted by atomic mass is 10.1. The van der Waals surface area contributed by atoms with Gasteiger partial charge in [0, 0.05) is 24.5 Å². The quantitative estimate of drug-likeness (QED) is 0.426. The number of anilines is 1. The van der Waals surface area contributed by atoms with Crippen LogP contribution in [-0.4, -0.2) is 29.1 Å². The summed E-state index contributed by atoms with van der Waals surface area (Å²) in [6.45, 7) is 2.06. The first-order chi connectivity index (χ1) is 12.1. The van der Waals surface area contributed by atoms with Crippen molar-refractivity contribution < 1.29 is 4.79 Å². The zero-order chi connectivity index (χ0) is 17.8. The Morgan fingerprint density at radius 1 is 1.28 bits per heavy atom. The van der Waals surface area contributed by atoms with E-state index in [0.29, 0.717) is 11.4 Å². The van der Waals surface area contributed by atoms with Gasteiger partial charge in [-0.15, -0.1) is 0 Å². The molecule has 0 unspecified atom stereocenters. The van der Waals surface area contributed by atoms with Crippen LogP contribution in [0.4, 0.5) is 5.69 Å². The number of benzene rings is 1. The number of amides is 1. The van der Waals surface area contributed by atoms with Crippen LogP contribution >= 0.6 is 0 Å². The summed E-state index contributed by atoms with van der Waals surface area (Å²) in [5, 5.41) is 12.6. The molecule has 3 aromatic rings. The monoisotopic (exact) mass is 333 g/mol. The lowest BCUT2D eigenvalue weighted by Gasteiger charge is -2.07. The highest BCUT2D eigenvalue weighted by Gasteiger charge is 2.10. The van der Waals surface area contributed by atoms with Crippen molar-refractivity contribution in [1.82, 2.24) is 15.3 Å². The summed E-state index contributed by atoms with van der Waals surface area (Å²) in [5.74, 6) is -0.321. The number of H-pyrrole nitrogens is 1. The van der Waals surface area contributed by atoms with E-state index in [4.69, 9.17) is 5.41 Å². The molecule has 2 aromatic heterocycles. The van der Waals surface area contributed by atoms with Crippen LogP contribution < -0.4 is 10.6 Å². The number of hydrogen-bond donors (Lipinski definition) is 4. The molecule has 0 spiro atoms. The minimum Gasteiger partial charge on any atom is -0.384 e. The fourth-order valence-electron chi connectivity index (χ4n) is 2.65. The number of aromatic nitrogens is 2. The molecule has 0 bridgehead atoms. The van der Waals surface area contributed by atoms with Crippen molar-refractivity contribution in [3.05, 3.63) is 59.9 Å². The van der Waals surface area contributed by atoms with Crippen molar-refractivity contribution in [2.75, 3.05) is 12.4 Å². The van der Waals surface area contributed by atoms with Crippen molar-refractivity contribution in [1.29, 1.82) is 5.41 Å². The normalized spacial score (nSPS) is 11.4. The van der Waals surface area contributed by atoms with Crippen molar-refractivity contribution in [2.24, 2.45) is 0 Å². The van der Waals surface area contributed by atoms with Gasteiger partial charge in [0.15, 0.2) is 0 Å². The number of aryl methyl sites for hydroxylation is 1. The van der Waals surface area contributed by atoms with Crippen molar-refractivity contribution in [2.45, 2.75) is 6.92 Å². The molecule has 6 heteroatoms. The van der Waals surface area contributed by atoms with E-state index in [1.807, 2.05) is 24.3 Å². The fourth-order valence-corrected chi connectivity index (χ4v) is 2.65. The summed E-state index contributed by atoms with van der Waals surface area (Å²) in [5.41, 5.74) is 5.86. The van der Waals surface area contributed by atoms with Gasteiger partial charge in [0.05, 0.1) is 22.9 Å². The molecule has 0 aliphatic heterocycles. The summed E-state index contributed by atoms with van der Waals surface area (Å²) in [6.07, 6.45) is 4.08. The van der Waals surface area contributed by atoms with Crippen molar-refractivity contribution >= 4 is 28.8 Å². The van der Waals surface area contributed by atoms with Gasteiger partial charge in [-0.3, -0.25) is 9.78 Å². The molecule has 1 amide bonds. The number of carbonyl (C=O) groups excluding carboxylic acids is 1. The van der Waals surface area contributed by atoms with Crippen molar-refractivity contribution in [3.8, 4) is 11.3 Å². The van der Waals surface area contributed by atoms with E-state index in [2.05, 4.69) is 39.7 Å². The Morgan fingerprint density at radius 2 is 2.08 bits per heavy atom. The predicted molar refractivity (Wildman–Crippen MR) is 101 cm³/mol. The highest BCUT2D eigenvalue weighted by atomic mass is 16.2. The van der Waals surface area contributed by atoms with Crippen LogP contribution in [0.15, 0.2) is 54.4 Å². The Balaban J connectivity index is 1.91. The molecular formula is C19H19N5O. The van der Waals surface area contributed by atoms with Crippen LogP contribution in [0, 0.1) is 12.3 Å². The van der Waals surface area contributed by atoms with E-state index in [1.54, 1.807) is 13.2 Å². The first-order valence-corrected chi connectivity index (χ1v) is 7.87. The highest BCUT2D eigenvalue weighted by molar-refractivity contribution is 6.05. The number of likely N-dealkylation sites (N-methyl/N-ethyl adjacent to an activating group) is 1. The number of aromatic amines is 1. The molecule has 0 aliphatic carbocycles. The maximum Gasteiger partial charge on any atom is 0.271 e. The zero-order valence-corrected chi connectivity index (χ0v) is 14.1. The highest BCUT2D eigenvalue weighted by Crippen LogP contribution is 2.26. The lowest BCUT2D eigenvalue weighted by molar-refractivity contribution is -0.113. The molecule has 25 heavy (non-hydrogen) atoms. The number of nitrogens with one attached hydrogen (secondary N) is 4. The number of rotatable bonds is 5.